The normalized spacial score (nSPS) is 13.1. The van der Waals surface area contributed by atoms with Gasteiger partial charge in [-0.25, -0.2) is 0 Å². The molecule has 0 spiro atoms. The molecule has 108 valence electrons. The average Bonchev–Trinajstić information content (AvgIpc) is 2.31. The van der Waals surface area contributed by atoms with Gasteiger partial charge in [0.25, 0.3) is 0 Å². The fourth-order valence-corrected chi connectivity index (χ4v) is 2.19. The molecule has 0 aromatic heterocycles. The van der Waals surface area contributed by atoms with Crippen LogP contribution in [-0.4, -0.2) is 51.3 Å². The van der Waals surface area contributed by atoms with E-state index in [9.17, 15) is 4.79 Å². The Morgan fingerprint density at radius 2 is 1.83 bits per heavy atom. The first-order chi connectivity index (χ1) is 8.49. The second-order valence-corrected chi connectivity index (χ2v) is 5.35. The van der Waals surface area contributed by atoms with E-state index in [1.807, 2.05) is 0 Å². The summed E-state index contributed by atoms with van der Waals surface area (Å²) in [4.78, 5) is 13.5. The van der Waals surface area contributed by atoms with Crippen molar-refractivity contribution in [2.24, 2.45) is 11.8 Å². The summed E-state index contributed by atoms with van der Waals surface area (Å²) < 4.78 is 9.79. The zero-order valence-corrected chi connectivity index (χ0v) is 12.6. The molecule has 0 amide bonds. The number of nitrogens with zero attached hydrogens (tertiary/aromatic N) is 1. The third-order valence-corrected chi connectivity index (χ3v) is 2.92. The SMILES string of the molecule is COCCN(CCC(=O)OC)CC(C)CC(C)C. The quantitative estimate of drug-likeness (QED) is 0.564. The Morgan fingerprint density at radius 1 is 1.17 bits per heavy atom. The third-order valence-electron chi connectivity index (χ3n) is 2.92. The van der Waals surface area contributed by atoms with Gasteiger partial charge in [-0.05, 0) is 18.3 Å². The van der Waals surface area contributed by atoms with Gasteiger partial charge in [0, 0.05) is 26.7 Å². The van der Waals surface area contributed by atoms with Gasteiger partial charge in [-0.3, -0.25) is 4.79 Å². The summed E-state index contributed by atoms with van der Waals surface area (Å²) >= 11 is 0. The molecule has 0 radical (unpaired) electrons. The molecular weight excluding hydrogens is 230 g/mol. The summed E-state index contributed by atoms with van der Waals surface area (Å²) in [6.45, 7) is 10.1. The molecule has 0 aromatic carbocycles. The molecule has 0 saturated carbocycles. The van der Waals surface area contributed by atoms with Crippen LogP contribution in [0.5, 0.6) is 0 Å². The number of hydrogen-bond donors (Lipinski definition) is 0. The molecule has 0 aliphatic rings. The first-order valence-corrected chi connectivity index (χ1v) is 6.77. The highest BCUT2D eigenvalue weighted by Crippen LogP contribution is 2.12. The summed E-state index contributed by atoms with van der Waals surface area (Å²) in [6.07, 6.45) is 1.66. The minimum atomic E-state index is -0.145. The van der Waals surface area contributed by atoms with Crippen molar-refractivity contribution in [3.63, 3.8) is 0 Å². The molecule has 0 N–H and O–H groups in total. The second kappa shape index (κ2) is 10.3. The van der Waals surface area contributed by atoms with Gasteiger partial charge < -0.3 is 14.4 Å². The van der Waals surface area contributed by atoms with Crippen LogP contribution >= 0.6 is 0 Å². The number of carbonyl (C=O) groups excluding carboxylic acids is 1. The van der Waals surface area contributed by atoms with Crippen LogP contribution in [0.3, 0.4) is 0 Å². The lowest BCUT2D eigenvalue weighted by atomic mass is 9.98. The van der Waals surface area contributed by atoms with Gasteiger partial charge in [0.15, 0.2) is 0 Å². The first-order valence-electron chi connectivity index (χ1n) is 6.77. The van der Waals surface area contributed by atoms with Crippen LogP contribution in [0.25, 0.3) is 0 Å². The second-order valence-electron chi connectivity index (χ2n) is 5.35. The van der Waals surface area contributed by atoms with E-state index in [2.05, 4.69) is 30.4 Å². The van der Waals surface area contributed by atoms with Gasteiger partial charge in [0.05, 0.1) is 20.1 Å². The number of carbonyl (C=O) groups is 1. The van der Waals surface area contributed by atoms with Crippen molar-refractivity contribution in [1.82, 2.24) is 4.90 Å². The van der Waals surface area contributed by atoms with Gasteiger partial charge in [-0.15, -0.1) is 0 Å². The van der Waals surface area contributed by atoms with Crippen molar-refractivity contribution in [1.29, 1.82) is 0 Å². The maximum Gasteiger partial charge on any atom is 0.306 e. The Balaban J connectivity index is 4.08. The van der Waals surface area contributed by atoms with Crippen molar-refractivity contribution in [3.8, 4) is 0 Å². The zero-order valence-electron chi connectivity index (χ0n) is 12.6. The first kappa shape index (κ1) is 17.4. The van der Waals surface area contributed by atoms with Gasteiger partial charge in [-0.2, -0.15) is 0 Å². The highest BCUT2D eigenvalue weighted by atomic mass is 16.5. The minimum absolute atomic E-state index is 0.145. The van der Waals surface area contributed by atoms with Crippen molar-refractivity contribution >= 4 is 5.97 Å². The van der Waals surface area contributed by atoms with Crippen LogP contribution < -0.4 is 0 Å². The topological polar surface area (TPSA) is 38.8 Å². The molecule has 18 heavy (non-hydrogen) atoms. The molecule has 0 bridgehead atoms. The molecule has 0 aliphatic carbocycles. The lowest BCUT2D eigenvalue weighted by Crippen LogP contribution is -2.34. The maximum atomic E-state index is 11.2. The number of hydrogen-bond acceptors (Lipinski definition) is 4. The summed E-state index contributed by atoms with van der Waals surface area (Å²) in [5.74, 6) is 1.21. The number of esters is 1. The van der Waals surface area contributed by atoms with E-state index in [0.717, 1.165) is 19.6 Å². The Morgan fingerprint density at radius 3 is 2.33 bits per heavy atom. The maximum absolute atomic E-state index is 11.2. The molecule has 1 unspecified atom stereocenters. The van der Waals surface area contributed by atoms with Gasteiger partial charge in [0.1, 0.15) is 0 Å². The van der Waals surface area contributed by atoms with E-state index in [4.69, 9.17) is 4.74 Å². The molecule has 0 aromatic rings. The van der Waals surface area contributed by atoms with Crippen LogP contribution in [0, 0.1) is 11.8 Å². The van der Waals surface area contributed by atoms with E-state index in [1.165, 1.54) is 13.5 Å². The van der Waals surface area contributed by atoms with E-state index >= 15 is 0 Å². The Hall–Kier alpha value is -0.610. The molecule has 0 aliphatic heterocycles. The Bertz CT molecular complexity index is 219. The number of ether oxygens (including phenoxy) is 2. The predicted octanol–water partition coefficient (Wildman–Crippen LogP) is 2.18. The standard InChI is InChI=1S/C14H29NO3/c1-12(2)10-13(3)11-15(8-9-17-4)7-6-14(16)18-5/h12-13H,6-11H2,1-5H3. The summed E-state index contributed by atoms with van der Waals surface area (Å²) in [6, 6.07) is 0. The van der Waals surface area contributed by atoms with Crippen LogP contribution in [-0.2, 0) is 14.3 Å². The largest absolute Gasteiger partial charge is 0.469 e. The average molecular weight is 259 g/mol. The number of rotatable bonds is 10. The highest BCUT2D eigenvalue weighted by Gasteiger charge is 2.13. The van der Waals surface area contributed by atoms with Crippen LogP contribution in [0.4, 0.5) is 0 Å². The predicted molar refractivity (Wildman–Crippen MR) is 73.6 cm³/mol. The molecular formula is C14H29NO3. The Kier molecular flexibility index (Phi) is 9.98. The van der Waals surface area contributed by atoms with Crippen LogP contribution in [0.15, 0.2) is 0 Å². The monoisotopic (exact) mass is 259 g/mol. The lowest BCUT2D eigenvalue weighted by molar-refractivity contribution is -0.141. The third kappa shape index (κ3) is 9.42. The van der Waals surface area contributed by atoms with Gasteiger partial charge in [0.2, 0.25) is 0 Å². The van der Waals surface area contributed by atoms with Crippen molar-refractivity contribution in [2.45, 2.75) is 33.6 Å². The highest BCUT2D eigenvalue weighted by molar-refractivity contribution is 5.69. The van der Waals surface area contributed by atoms with E-state index in [0.29, 0.717) is 24.9 Å². The molecule has 0 heterocycles. The zero-order chi connectivity index (χ0) is 14.0. The molecule has 0 saturated heterocycles. The van der Waals surface area contributed by atoms with Crippen molar-refractivity contribution < 1.29 is 14.3 Å². The summed E-state index contributed by atoms with van der Waals surface area (Å²) in [5, 5.41) is 0. The van der Waals surface area contributed by atoms with E-state index < -0.39 is 0 Å². The van der Waals surface area contributed by atoms with Gasteiger partial charge >= 0.3 is 5.97 Å². The minimum Gasteiger partial charge on any atom is -0.469 e. The summed E-state index contributed by atoms with van der Waals surface area (Å²) in [5.41, 5.74) is 0. The fourth-order valence-electron chi connectivity index (χ4n) is 2.19. The smallest absolute Gasteiger partial charge is 0.306 e. The van der Waals surface area contributed by atoms with E-state index in [-0.39, 0.29) is 5.97 Å². The summed E-state index contributed by atoms with van der Waals surface area (Å²) in [7, 11) is 3.14. The molecule has 4 nitrogen and oxygen atoms in total. The molecule has 1 atom stereocenters. The van der Waals surface area contributed by atoms with Crippen LogP contribution in [0.2, 0.25) is 0 Å². The fraction of sp³-hybridized carbons (Fsp3) is 0.929. The lowest BCUT2D eigenvalue weighted by Gasteiger charge is -2.25. The molecule has 4 heteroatoms. The number of methoxy groups -OCH3 is 2. The Labute approximate surface area is 112 Å². The van der Waals surface area contributed by atoms with E-state index in [1.54, 1.807) is 7.11 Å². The molecule has 0 fully saturated rings. The molecule has 0 rings (SSSR count). The van der Waals surface area contributed by atoms with Crippen molar-refractivity contribution in [2.75, 3.05) is 40.5 Å². The van der Waals surface area contributed by atoms with Crippen molar-refractivity contribution in [3.05, 3.63) is 0 Å². The van der Waals surface area contributed by atoms with Gasteiger partial charge in [-0.1, -0.05) is 20.8 Å². The van der Waals surface area contributed by atoms with Crippen LogP contribution in [0.1, 0.15) is 33.6 Å².